The van der Waals surface area contributed by atoms with Gasteiger partial charge in [-0.2, -0.15) is 0 Å². The number of unbranched alkanes of at least 4 members (excludes halogenated alkanes) is 7. The van der Waals surface area contributed by atoms with Crippen LogP contribution in [-0.4, -0.2) is 18.8 Å². The molecule has 6 heteroatoms. The maximum atomic E-state index is 12.4. The van der Waals surface area contributed by atoms with Gasteiger partial charge in [0.05, 0.1) is 4.90 Å². The van der Waals surface area contributed by atoms with Crippen molar-refractivity contribution in [1.29, 1.82) is 0 Å². The summed E-state index contributed by atoms with van der Waals surface area (Å²) in [5.41, 5.74) is 0.379. The predicted molar refractivity (Wildman–Crippen MR) is 104 cm³/mol. The average molecular weight is 405 g/mol. The minimum absolute atomic E-state index is 0. The van der Waals surface area contributed by atoms with Crippen LogP contribution in [0, 0.1) is 5.41 Å². The Morgan fingerprint density at radius 3 is 1.89 bits per heavy atom. The molecular formula is C21H33NaO4S. The van der Waals surface area contributed by atoms with E-state index in [4.69, 9.17) is 0 Å². The molecule has 0 saturated carbocycles. The number of hydrogen-bond donors (Lipinski definition) is 0. The third kappa shape index (κ3) is 11.4. The van der Waals surface area contributed by atoms with Crippen LogP contribution < -0.4 is 29.6 Å². The molecule has 0 N–H and O–H groups in total. The number of hydrogen-bond acceptors (Lipinski definition) is 4. The zero-order chi connectivity index (χ0) is 19.6. The Morgan fingerprint density at radius 2 is 1.41 bits per heavy atom. The Hall–Kier alpha value is -0.200. The van der Waals surface area contributed by atoms with Crippen LogP contribution in [-0.2, 0) is 10.1 Å². The molecule has 148 valence electrons. The summed E-state index contributed by atoms with van der Waals surface area (Å²) in [5.74, 6) is -0.00980. The van der Waals surface area contributed by atoms with Crippen molar-refractivity contribution < 1.29 is 47.3 Å². The Bertz CT molecular complexity index is 651. The zero-order valence-corrected chi connectivity index (χ0v) is 20.2. The fourth-order valence-corrected chi connectivity index (χ4v) is 3.64. The quantitative estimate of drug-likeness (QED) is 0.219. The van der Waals surface area contributed by atoms with Gasteiger partial charge in [-0.05, 0) is 24.0 Å². The van der Waals surface area contributed by atoms with Crippen molar-refractivity contribution in [3.05, 3.63) is 29.8 Å². The van der Waals surface area contributed by atoms with Crippen molar-refractivity contribution in [2.24, 2.45) is 5.41 Å². The van der Waals surface area contributed by atoms with Gasteiger partial charge in [-0.25, -0.2) is 8.42 Å². The molecule has 0 saturated heterocycles. The number of carbonyl (C=O) groups excluding carboxylic acids is 1. The fourth-order valence-electron chi connectivity index (χ4n) is 3.17. The maximum Gasteiger partial charge on any atom is 1.00 e. The molecule has 0 amide bonds. The summed E-state index contributed by atoms with van der Waals surface area (Å²) < 4.78 is 32.8. The van der Waals surface area contributed by atoms with Gasteiger partial charge in [0.25, 0.3) is 0 Å². The molecule has 4 nitrogen and oxygen atoms in total. The Morgan fingerprint density at radius 1 is 0.926 bits per heavy atom. The van der Waals surface area contributed by atoms with Crippen LogP contribution in [0.15, 0.2) is 29.2 Å². The number of benzene rings is 1. The minimum Gasteiger partial charge on any atom is -0.744 e. The van der Waals surface area contributed by atoms with Crippen LogP contribution in [0.2, 0.25) is 0 Å². The molecule has 1 aromatic rings. The summed E-state index contributed by atoms with van der Waals surface area (Å²) in [6.07, 6.45) is 11.6. The molecule has 0 radical (unpaired) electrons. The largest absolute Gasteiger partial charge is 1.00 e. The summed E-state index contributed by atoms with van der Waals surface area (Å²) in [5, 5.41) is 0. The standard InChI is InChI=1S/C21H34O4S.Na/c1-4-5-6-7-8-9-10-11-16-21(2,3)17-20(22)18-12-14-19(15-13-18)26(23,24)25;/h12-15H,4-11,16-17H2,1-3H3,(H,23,24,25);/q;+1/p-1. The molecule has 0 aliphatic rings. The topological polar surface area (TPSA) is 74.3 Å². The number of Topliss-reactive ketones (excluding diaryl/α,β-unsaturated/α-hetero) is 1. The van der Waals surface area contributed by atoms with Gasteiger partial charge in [0.1, 0.15) is 10.1 Å². The summed E-state index contributed by atoms with van der Waals surface area (Å²) in [6, 6.07) is 5.28. The van der Waals surface area contributed by atoms with E-state index in [9.17, 15) is 17.8 Å². The second kappa shape index (κ2) is 13.1. The molecule has 0 fully saturated rings. The second-order valence-electron chi connectivity index (χ2n) is 7.97. The first-order valence-electron chi connectivity index (χ1n) is 9.75. The number of ketones is 1. The number of rotatable bonds is 13. The third-order valence-electron chi connectivity index (χ3n) is 4.81. The van der Waals surface area contributed by atoms with Crippen molar-refractivity contribution in [3.63, 3.8) is 0 Å². The predicted octanol–water partition coefficient (Wildman–Crippen LogP) is 2.72. The average Bonchev–Trinajstić information content (AvgIpc) is 2.56. The van der Waals surface area contributed by atoms with Crippen LogP contribution in [0.25, 0.3) is 0 Å². The zero-order valence-electron chi connectivity index (χ0n) is 17.4. The van der Waals surface area contributed by atoms with E-state index >= 15 is 0 Å². The molecule has 0 aromatic heterocycles. The van der Waals surface area contributed by atoms with Gasteiger partial charge in [0, 0.05) is 12.0 Å². The van der Waals surface area contributed by atoms with Crippen LogP contribution >= 0.6 is 0 Å². The Labute approximate surface area is 187 Å². The Kier molecular flexibility index (Phi) is 13.0. The molecule has 0 spiro atoms. The summed E-state index contributed by atoms with van der Waals surface area (Å²) >= 11 is 0. The van der Waals surface area contributed by atoms with Crippen molar-refractivity contribution >= 4 is 15.9 Å². The van der Waals surface area contributed by atoms with E-state index in [0.29, 0.717) is 12.0 Å². The van der Waals surface area contributed by atoms with E-state index in [2.05, 4.69) is 20.8 Å². The van der Waals surface area contributed by atoms with Crippen molar-refractivity contribution in [1.82, 2.24) is 0 Å². The van der Waals surface area contributed by atoms with E-state index in [-0.39, 0.29) is 45.7 Å². The molecule has 0 bridgehead atoms. The van der Waals surface area contributed by atoms with Gasteiger partial charge in [-0.3, -0.25) is 4.79 Å². The summed E-state index contributed by atoms with van der Waals surface area (Å²) in [6.45, 7) is 6.43. The molecule has 0 aliphatic carbocycles. The minimum atomic E-state index is -4.47. The molecular weight excluding hydrogens is 371 g/mol. The van der Waals surface area contributed by atoms with E-state index in [1.54, 1.807) is 0 Å². The maximum absolute atomic E-state index is 12.4. The molecule has 0 aliphatic heterocycles. The normalized spacial score (nSPS) is 11.9. The molecule has 0 atom stereocenters. The van der Waals surface area contributed by atoms with Crippen LogP contribution in [0.3, 0.4) is 0 Å². The van der Waals surface area contributed by atoms with Gasteiger partial charge < -0.3 is 4.55 Å². The Balaban J connectivity index is 0.00000676. The van der Waals surface area contributed by atoms with E-state index in [1.807, 2.05) is 0 Å². The van der Waals surface area contributed by atoms with Crippen LogP contribution in [0.1, 0.15) is 95.3 Å². The van der Waals surface area contributed by atoms with Crippen LogP contribution in [0.4, 0.5) is 0 Å². The molecule has 1 rings (SSSR count). The van der Waals surface area contributed by atoms with E-state index < -0.39 is 10.1 Å². The SMILES string of the molecule is CCCCCCCCCCC(C)(C)CC(=O)c1ccc(S(=O)(=O)[O-])cc1.[Na+]. The van der Waals surface area contributed by atoms with Crippen molar-refractivity contribution in [2.45, 2.75) is 89.9 Å². The van der Waals surface area contributed by atoms with Gasteiger partial charge in [-0.15, -0.1) is 0 Å². The van der Waals surface area contributed by atoms with Crippen molar-refractivity contribution in [3.8, 4) is 0 Å². The number of carbonyl (C=O) groups is 1. The monoisotopic (exact) mass is 404 g/mol. The first-order valence-corrected chi connectivity index (χ1v) is 11.2. The van der Waals surface area contributed by atoms with Crippen LogP contribution in [0.5, 0.6) is 0 Å². The summed E-state index contributed by atoms with van der Waals surface area (Å²) in [4.78, 5) is 12.1. The second-order valence-corrected chi connectivity index (χ2v) is 9.35. The van der Waals surface area contributed by atoms with Crippen molar-refractivity contribution in [2.75, 3.05) is 0 Å². The first-order chi connectivity index (χ1) is 12.2. The van der Waals surface area contributed by atoms with Gasteiger partial charge in [-0.1, -0.05) is 84.3 Å². The van der Waals surface area contributed by atoms with E-state index in [0.717, 1.165) is 12.8 Å². The van der Waals surface area contributed by atoms with Gasteiger partial charge in [0.15, 0.2) is 5.78 Å². The fraction of sp³-hybridized carbons (Fsp3) is 0.667. The smallest absolute Gasteiger partial charge is 0.744 e. The molecule has 0 unspecified atom stereocenters. The van der Waals surface area contributed by atoms with Gasteiger partial charge >= 0.3 is 29.6 Å². The molecule has 1 aromatic carbocycles. The first kappa shape index (κ1) is 26.8. The molecule has 27 heavy (non-hydrogen) atoms. The van der Waals surface area contributed by atoms with Gasteiger partial charge in [0.2, 0.25) is 0 Å². The molecule has 0 heterocycles. The van der Waals surface area contributed by atoms with E-state index in [1.165, 1.54) is 69.2 Å². The third-order valence-corrected chi connectivity index (χ3v) is 5.66. The summed E-state index contributed by atoms with van der Waals surface area (Å²) in [7, 11) is -4.47.